The first-order chi connectivity index (χ1) is 17.6. The molecule has 2 heterocycles. The zero-order valence-corrected chi connectivity index (χ0v) is 20.7. The summed E-state index contributed by atoms with van der Waals surface area (Å²) in [5.41, 5.74) is 5.41. The number of para-hydroxylation sites is 1. The number of piperazine rings is 1. The van der Waals surface area contributed by atoms with E-state index in [0.29, 0.717) is 5.75 Å². The van der Waals surface area contributed by atoms with Gasteiger partial charge in [0, 0.05) is 55.2 Å². The average molecular weight is 481 g/mol. The van der Waals surface area contributed by atoms with Crippen LogP contribution < -0.4 is 15.0 Å². The van der Waals surface area contributed by atoms with E-state index >= 15 is 0 Å². The number of aromatic nitrogens is 1. The number of aryl methyl sites for hydroxylation is 1. The van der Waals surface area contributed by atoms with Crippen molar-refractivity contribution in [1.29, 1.82) is 0 Å². The first kappa shape index (κ1) is 23.8. The van der Waals surface area contributed by atoms with Gasteiger partial charge in [0.2, 0.25) is 0 Å². The molecule has 1 saturated heterocycles. The lowest BCUT2D eigenvalue weighted by atomic mass is 10.1. The van der Waals surface area contributed by atoms with Crippen LogP contribution in [0.3, 0.4) is 0 Å². The minimum Gasteiger partial charge on any atom is -0.484 e. The fourth-order valence-electron chi connectivity index (χ4n) is 4.68. The lowest BCUT2D eigenvalue weighted by molar-refractivity contribution is -0.118. The smallest absolute Gasteiger partial charge is 0.262 e. The maximum atomic E-state index is 12.3. The number of carbonyl (C=O) groups is 1. The van der Waals surface area contributed by atoms with Crippen molar-refractivity contribution in [3.63, 3.8) is 0 Å². The summed E-state index contributed by atoms with van der Waals surface area (Å²) in [5.74, 6) is 0.527. The number of ether oxygens (including phenoxy) is 1. The Bertz CT molecular complexity index is 1320. The van der Waals surface area contributed by atoms with Crippen LogP contribution in [0.5, 0.6) is 5.75 Å². The summed E-state index contributed by atoms with van der Waals surface area (Å²) in [6.45, 7) is 7.10. The van der Waals surface area contributed by atoms with E-state index in [1.54, 1.807) is 0 Å². The number of amides is 1. The summed E-state index contributed by atoms with van der Waals surface area (Å²) >= 11 is 0. The largest absolute Gasteiger partial charge is 0.484 e. The number of pyridine rings is 1. The van der Waals surface area contributed by atoms with Gasteiger partial charge in [-0.25, -0.2) is 0 Å². The van der Waals surface area contributed by atoms with Crippen molar-refractivity contribution in [3.05, 3.63) is 96.2 Å². The lowest BCUT2D eigenvalue weighted by Crippen LogP contribution is -2.47. The van der Waals surface area contributed by atoms with Gasteiger partial charge in [0.05, 0.1) is 5.52 Å². The van der Waals surface area contributed by atoms with Gasteiger partial charge in [-0.2, -0.15) is 0 Å². The first-order valence-corrected chi connectivity index (χ1v) is 12.5. The predicted octanol–water partition coefficient (Wildman–Crippen LogP) is 4.93. The number of benzene rings is 3. The van der Waals surface area contributed by atoms with Crippen LogP contribution in [0.15, 0.2) is 84.9 Å². The highest BCUT2D eigenvalue weighted by Gasteiger charge is 2.19. The molecule has 6 nitrogen and oxygen atoms in total. The Morgan fingerprint density at radius 2 is 1.72 bits per heavy atom. The molecule has 184 valence electrons. The molecule has 3 aromatic carbocycles. The number of rotatable bonds is 8. The van der Waals surface area contributed by atoms with Gasteiger partial charge in [-0.1, -0.05) is 36.4 Å². The molecule has 0 bridgehead atoms. The van der Waals surface area contributed by atoms with Crippen LogP contribution in [-0.2, 0) is 11.2 Å². The zero-order valence-electron chi connectivity index (χ0n) is 20.7. The summed E-state index contributed by atoms with van der Waals surface area (Å²) < 4.78 is 5.54. The van der Waals surface area contributed by atoms with Gasteiger partial charge < -0.3 is 15.0 Å². The molecule has 36 heavy (non-hydrogen) atoms. The molecule has 1 aliphatic rings. The Morgan fingerprint density at radius 1 is 0.917 bits per heavy atom. The molecule has 5 rings (SSSR count). The van der Waals surface area contributed by atoms with Crippen LogP contribution in [0.1, 0.15) is 11.3 Å². The highest BCUT2D eigenvalue weighted by Crippen LogP contribution is 2.27. The lowest BCUT2D eigenvalue weighted by Gasteiger charge is -2.36. The third-order valence-corrected chi connectivity index (χ3v) is 6.60. The minimum atomic E-state index is -0.161. The van der Waals surface area contributed by atoms with Gasteiger partial charge in [0.25, 0.3) is 5.91 Å². The van der Waals surface area contributed by atoms with E-state index in [-0.39, 0.29) is 12.5 Å². The van der Waals surface area contributed by atoms with Crippen molar-refractivity contribution in [3.8, 4) is 5.75 Å². The van der Waals surface area contributed by atoms with E-state index in [1.807, 2.05) is 49.4 Å². The van der Waals surface area contributed by atoms with E-state index in [0.717, 1.165) is 56.0 Å². The topological polar surface area (TPSA) is 57.7 Å². The Kier molecular flexibility index (Phi) is 7.43. The highest BCUT2D eigenvalue weighted by atomic mass is 16.5. The molecule has 1 aromatic heterocycles. The Balaban J connectivity index is 1.10. The zero-order chi connectivity index (χ0) is 24.7. The molecular formula is C30H32N4O2. The van der Waals surface area contributed by atoms with E-state index in [9.17, 15) is 4.79 Å². The molecule has 0 spiro atoms. The number of nitrogens with zero attached hydrogens (tertiary/aromatic N) is 3. The standard InChI is InChI=1S/C30H32N4O2/c1-23-13-14-27-28(31-23)11-6-12-29(27)34-19-17-33(18-20-34)16-15-24-7-5-8-25(21-24)32-30(35)22-36-26-9-3-2-4-10-26/h2-14,21H,15-20,22H2,1H3,(H,32,35). The summed E-state index contributed by atoms with van der Waals surface area (Å²) in [6, 6.07) is 28.2. The number of carbonyl (C=O) groups excluding carboxylic acids is 1. The maximum Gasteiger partial charge on any atom is 0.262 e. The molecule has 0 aliphatic carbocycles. The summed E-state index contributed by atoms with van der Waals surface area (Å²) in [6.07, 6.45) is 0.946. The molecule has 1 aliphatic heterocycles. The van der Waals surface area contributed by atoms with Gasteiger partial charge >= 0.3 is 0 Å². The van der Waals surface area contributed by atoms with Crippen LogP contribution >= 0.6 is 0 Å². The third-order valence-electron chi connectivity index (χ3n) is 6.60. The molecule has 0 atom stereocenters. The third kappa shape index (κ3) is 6.01. The van der Waals surface area contributed by atoms with Gasteiger partial charge in [-0.15, -0.1) is 0 Å². The molecule has 1 N–H and O–H groups in total. The number of nitrogens with one attached hydrogen (secondary N) is 1. The molecule has 1 amide bonds. The fraction of sp³-hybridized carbons (Fsp3) is 0.267. The average Bonchev–Trinajstić information content (AvgIpc) is 2.91. The number of hydrogen-bond acceptors (Lipinski definition) is 5. The normalized spacial score (nSPS) is 14.1. The summed E-state index contributed by atoms with van der Waals surface area (Å²) in [4.78, 5) is 22.0. The molecule has 4 aromatic rings. The van der Waals surface area contributed by atoms with Gasteiger partial charge in [-0.05, 0) is 67.4 Å². The molecular weight excluding hydrogens is 448 g/mol. The number of fused-ring (bicyclic) bond motifs is 1. The number of hydrogen-bond donors (Lipinski definition) is 1. The van der Waals surface area contributed by atoms with E-state index in [4.69, 9.17) is 4.74 Å². The van der Waals surface area contributed by atoms with E-state index < -0.39 is 0 Å². The highest BCUT2D eigenvalue weighted by molar-refractivity contribution is 5.92. The summed E-state index contributed by atoms with van der Waals surface area (Å²) in [7, 11) is 0. The maximum absolute atomic E-state index is 12.3. The van der Waals surface area contributed by atoms with Crippen LogP contribution in [-0.4, -0.2) is 55.1 Å². The van der Waals surface area contributed by atoms with Crippen LogP contribution in [0, 0.1) is 6.92 Å². The van der Waals surface area contributed by atoms with Crippen LogP contribution in [0.2, 0.25) is 0 Å². The van der Waals surface area contributed by atoms with Crippen molar-refractivity contribution in [2.75, 3.05) is 49.5 Å². The van der Waals surface area contributed by atoms with E-state index in [1.165, 1.54) is 16.6 Å². The molecule has 0 saturated carbocycles. The molecule has 1 fully saturated rings. The van der Waals surface area contributed by atoms with Crippen molar-refractivity contribution in [2.24, 2.45) is 0 Å². The monoisotopic (exact) mass is 480 g/mol. The first-order valence-electron chi connectivity index (χ1n) is 12.5. The second-order valence-electron chi connectivity index (χ2n) is 9.23. The molecule has 0 unspecified atom stereocenters. The van der Waals surface area contributed by atoms with Gasteiger partial charge in [-0.3, -0.25) is 14.7 Å². The minimum absolute atomic E-state index is 0.00904. The molecule has 6 heteroatoms. The van der Waals surface area contributed by atoms with E-state index in [2.05, 4.69) is 62.6 Å². The quantitative estimate of drug-likeness (QED) is 0.388. The fourth-order valence-corrected chi connectivity index (χ4v) is 4.68. The Morgan fingerprint density at radius 3 is 2.56 bits per heavy atom. The van der Waals surface area contributed by atoms with Crippen molar-refractivity contribution >= 4 is 28.2 Å². The second-order valence-corrected chi connectivity index (χ2v) is 9.23. The van der Waals surface area contributed by atoms with Crippen molar-refractivity contribution < 1.29 is 9.53 Å². The van der Waals surface area contributed by atoms with Gasteiger partial charge in [0.15, 0.2) is 6.61 Å². The van der Waals surface area contributed by atoms with Crippen molar-refractivity contribution in [1.82, 2.24) is 9.88 Å². The molecule has 0 radical (unpaired) electrons. The van der Waals surface area contributed by atoms with Gasteiger partial charge in [0.1, 0.15) is 5.75 Å². The summed E-state index contributed by atoms with van der Waals surface area (Å²) in [5, 5.41) is 4.17. The van der Waals surface area contributed by atoms with Crippen LogP contribution in [0.4, 0.5) is 11.4 Å². The Labute approximate surface area is 212 Å². The number of anilines is 2. The SMILES string of the molecule is Cc1ccc2c(N3CCN(CCc4cccc(NC(=O)COc5ccccc5)c4)CC3)cccc2n1. The van der Waals surface area contributed by atoms with Crippen LogP contribution in [0.25, 0.3) is 10.9 Å². The van der Waals surface area contributed by atoms with Crippen molar-refractivity contribution in [2.45, 2.75) is 13.3 Å². The predicted molar refractivity (Wildman–Crippen MR) is 146 cm³/mol. The Hall–Kier alpha value is -3.90. The second kappa shape index (κ2) is 11.2.